The minimum absolute atomic E-state index is 0.0646. The van der Waals surface area contributed by atoms with E-state index in [4.69, 9.17) is 0 Å². The van der Waals surface area contributed by atoms with Gasteiger partial charge in [-0.1, -0.05) is 105 Å². The lowest BCUT2D eigenvalue weighted by atomic mass is 10.0. The average Bonchev–Trinajstić information content (AvgIpc) is 3.02. The fourth-order valence-corrected chi connectivity index (χ4v) is 7.06. The summed E-state index contributed by atoms with van der Waals surface area (Å²) in [4.78, 5) is 30.0. The van der Waals surface area contributed by atoms with E-state index in [9.17, 15) is 18.0 Å². The summed E-state index contributed by atoms with van der Waals surface area (Å²) in [5, 5.41) is 3.06. The van der Waals surface area contributed by atoms with E-state index < -0.39 is 28.5 Å². The van der Waals surface area contributed by atoms with E-state index in [1.807, 2.05) is 75.4 Å². The van der Waals surface area contributed by atoms with Crippen molar-refractivity contribution in [2.45, 2.75) is 57.1 Å². The second-order valence-electron chi connectivity index (χ2n) is 11.0. The lowest BCUT2D eigenvalue weighted by Gasteiger charge is -2.34. The third-order valence-corrected chi connectivity index (χ3v) is 10.3. The SMILES string of the molecule is CC[C@H](C)NC(=O)[C@@H](Cc1ccccc1)N(Cc1cccc(Br)c1)C(=O)CN(c1cccc(Br)c1)S(=O)(=O)c1ccc(C)cc1. The number of halogens is 2. The van der Waals surface area contributed by atoms with Crippen molar-refractivity contribution >= 4 is 59.4 Å². The Labute approximate surface area is 283 Å². The summed E-state index contributed by atoms with van der Waals surface area (Å²) >= 11 is 6.95. The minimum Gasteiger partial charge on any atom is -0.352 e. The standard InChI is InChI=1S/C35H37Br2N3O4S/c1-4-26(3)38-35(42)33(21-27-10-6-5-7-11-27)39(23-28-12-8-13-29(36)20-28)34(41)24-40(31-15-9-14-30(37)22-31)45(43,44)32-18-16-25(2)17-19-32/h5-20,22,26,33H,4,21,23-24H2,1-3H3,(H,38,42)/t26-,33+/m0/s1. The van der Waals surface area contributed by atoms with Crippen LogP contribution < -0.4 is 9.62 Å². The first-order valence-corrected chi connectivity index (χ1v) is 17.7. The lowest BCUT2D eigenvalue weighted by molar-refractivity contribution is -0.140. The summed E-state index contributed by atoms with van der Waals surface area (Å²) in [5.41, 5.74) is 2.91. The molecule has 0 spiro atoms. The van der Waals surface area contributed by atoms with Crippen molar-refractivity contribution in [2.24, 2.45) is 0 Å². The van der Waals surface area contributed by atoms with Gasteiger partial charge in [-0.05, 0) is 73.9 Å². The van der Waals surface area contributed by atoms with Crippen LogP contribution in [-0.4, -0.2) is 43.8 Å². The fourth-order valence-electron chi connectivity index (χ4n) is 4.82. The molecule has 0 aromatic heterocycles. The number of hydrogen-bond acceptors (Lipinski definition) is 4. The van der Waals surface area contributed by atoms with Crippen molar-refractivity contribution in [3.8, 4) is 0 Å². The highest BCUT2D eigenvalue weighted by atomic mass is 79.9. The molecule has 0 saturated heterocycles. The zero-order chi connectivity index (χ0) is 32.6. The lowest BCUT2D eigenvalue weighted by Crippen LogP contribution is -2.54. The van der Waals surface area contributed by atoms with Gasteiger partial charge >= 0.3 is 0 Å². The average molecular weight is 756 g/mol. The van der Waals surface area contributed by atoms with Gasteiger partial charge in [0.15, 0.2) is 0 Å². The molecule has 0 aliphatic rings. The third kappa shape index (κ3) is 9.28. The van der Waals surface area contributed by atoms with Gasteiger partial charge in [0, 0.05) is 28.0 Å². The van der Waals surface area contributed by atoms with Crippen LogP contribution in [0.4, 0.5) is 5.69 Å². The number of anilines is 1. The van der Waals surface area contributed by atoms with E-state index in [1.165, 1.54) is 17.0 Å². The number of nitrogens with one attached hydrogen (secondary N) is 1. The molecule has 45 heavy (non-hydrogen) atoms. The molecule has 10 heteroatoms. The molecular formula is C35H37Br2N3O4S. The van der Waals surface area contributed by atoms with Gasteiger partial charge < -0.3 is 10.2 Å². The second kappa shape index (κ2) is 15.7. The zero-order valence-corrected chi connectivity index (χ0v) is 29.5. The molecule has 2 amide bonds. The van der Waals surface area contributed by atoms with Crippen molar-refractivity contribution < 1.29 is 18.0 Å². The Morgan fingerprint density at radius 2 is 1.44 bits per heavy atom. The molecule has 0 aliphatic heterocycles. The molecule has 0 unspecified atom stereocenters. The quantitative estimate of drug-likeness (QED) is 0.156. The van der Waals surface area contributed by atoms with Crippen molar-refractivity contribution in [3.63, 3.8) is 0 Å². The fraction of sp³-hybridized carbons (Fsp3) is 0.257. The molecule has 236 valence electrons. The van der Waals surface area contributed by atoms with Crippen molar-refractivity contribution in [2.75, 3.05) is 10.8 Å². The Hall–Kier alpha value is -3.47. The maximum Gasteiger partial charge on any atom is 0.264 e. The van der Waals surface area contributed by atoms with Gasteiger partial charge in [-0.15, -0.1) is 0 Å². The molecule has 0 heterocycles. The maximum atomic E-state index is 14.5. The van der Waals surface area contributed by atoms with E-state index in [0.29, 0.717) is 10.2 Å². The monoisotopic (exact) mass is 753 g/mol. The Balaban J connectivity index is 1.81. The van der Waals surface area contributed by atoms with E-state index in [-0.39, 0.29) is 29.8 Å². The van der Waals surface area contributed by atoms with Crippen LogP contribution in [0.5, 0.6) is 0 Å². The van der Waals surface area contributed by atoms with Crippen molar-refractivity contribution in [3.05, 3.63) is 129 Å². The van der Waals surface area contributed by atoms with Gasteiger partial charge in [-0.2, -0.15) is 0 Å². The molecule has 4 rings (SSSR count). The number of rotatable bonds is 13. The minimum atomic E-state index is -4.17. The van der Waals surface area contributed by atoms with Crippen LogP contribution >= 0.6 is 31.9 Å². The molecule has 0 fully saturated rings. The van der Waals surface area contributed by atoms with Crippen LogP contribution in [0.25, 0.3) is 0 Å². The van der Waals surface area contributed by atoms with E-state index >= 15 is 0 Å². The van der Waals surface area contributed by atoms with Gasteiger partial charge in [-0.25, -0.2) is 8.42 Å². The predicted molar refractivity (Wildman–Crippen MR) is 186 cm³/mol. The zero-order valence-electron chi connectivity index (χ0n) is 25.5. The highest BCUT2D eigenvalue weighted by Gasteiger charge is 2.35. The van der Waals surface area contributed by atoms with Gasteiger partial charge in [0.25, 0.3) is 10.0 Å². The summed E-state index contributed by atoms with van der Waals surface area (Å²) in [6.07, 6.45) is 0.972. The maximum absolute atomic E-state index is 14.5. The molecule has 0 saturated carbocycles. The van der Waals surface area contributed by atoms with Crippen LogP contribution in [0.3, 0.4) is 0 Å². The highest BCUT2D eigenvalue weighted by Crippen LogP contribution is 2.28. The molecular weight excluding hydrogens is 718 g/mol. The van der Waals surface area contributed by atoms with Crippen molar-refractivity contribution in [1.29, 1.82) is 0 Å². The number of nitrogens with zero attached hydrogens (tertiary/aromatic N) is 2. The van der Waals surface area contributed by atoms with Crippen LogP contribution in [0.15, 0.2) is 117 Å². The van der Waals surface area contributed by atoms with Crippen molar-refractivity contribution in [1.82, 2.24) is 10.2 Å². The second-order valence-corrected chi connectivity index (χ2v) is 14.7. The summed E-state index contributed by atoms with van der Waals surface area (Å²) in [6, 6.07) is 29.4. The highest BCUT2D eigenvalue weighted by molar-refractivity contribution is 9.10. The van der Waals surface area contributed by atoms with Crippen LogP contribution in [-0.2, 0) is 32.6 Å². The first-order valence-electron chi connectivity index (χ1n) is 14.7. The summed E-state index contributed by atoms with van der Waals surface area (Å²) < 4.78 is 30.9. The Bertz CT molecular complexity index is 1720. The number of sulfonamides is 1. The Kier molecular flexibility index (Phi) is 12.0. The largest absolute Gasteiger partial charge is 0.352 e. The molecule has 7 nitrogen and oxygen atoms in total. The Morgan fingerprint density at radius 3 is 2.07 bits per heavy atom. The summed E-state index contributed by atoms with van der Waals surface area (Å²) in [7, 11) is -4.17. The summed E-state index contributed by atoms with van der Waals surface area (Å²) in [5.74, 6) is -0.808. The van der Waals surface area contributed by atoms with E-state index in [0.717, 1.165) is 31.9 Å². The van der Waals surface area contributed by atoms with Gasteiger partial charge in [0.05, 0.1) is 10.6 Å². The third-order valence-electron chi connectivity index (χ3n) is 7.50. The molecule has 4 aromatic rings. The van der Waals surface area contributed by atoms with Crippen LogP contribution in [0.2, 0.25) is 0 Å². The first-order chi connectivity index (χ1) is 21.5. The smallest absolute Gasteiger partial charge is 0.264 e. The van der Waals surface area contributed by atoms with Crippen LogP contribution in [0, 0.1) is 6.92 Å². The molecule has 0 radical (unpaired) electrons. The Morgan fingerprint density at radius 1 is 0.822 bits per heavy atom. The molecule has 0 aliphatic carbocycles. The number of amides is 2. The molecule has 2 atom stereocenters. The van der Waals surface area contributed by atoms with E-state index in [2.05, 4.69) is 37.2 Å². The molecule has 4 aromatic carbocycles. The topological polar surface area (TPSA) is 86.8 Å². The van der Waals surface area contributed by atoms with Crippen LogP contribution in [0.1, 0.15) is 37.0 Å². The predicted octanol–water partition coefficient (Wildman–Crippen LogP) is 7.27. The van der Waals surface area contributed by atoms with E-state index in [1.54, 1.807) is 36.4 Å². The molecule has 0 bridgehead atoms. The number of carbonyl (C=O) groups excluding carboxylic acids is 2. The molecule has 1 N–H and O–H groups in total. The van der Waals surface area contributed by atoms with Gasteiger partial charge in [-0.3, -0.25) is 13.9 Å². The number of aryl methyl sites for hydroxylation is 1. The normalized spacial score (nSPS) is 12.6. The number of hydrogen-bond donors (Lipinski definition) is 1. The summed E-state index contributed by atoms with van der Waals surface area (Å²) in [6.45, 7) is 5.36. The first kappa shape index (κ1) is 34.4. The number of carbonyl (C=O) groups is 2. The van der Waals surface area contributed by atoms with Gasteiger partial charge in [0.2, 0.25) is 11.8 Å². The number of benzene rings is 4. The van der Waals surface area contributed by atoms with Gasteiger partial charge in [0.1, 0.15) is 12.6 Å².